The molecular formula is C33H34N4O7S. The highest BCUT2D eigenvalue weighted by Crippen LogP contribution is 2.31. The van der Waals surface area contributed by atoms with Crippen LogP contribution in [0.5, 0.6) is 17.2 Å². The summed E-state index contributed by atoms with van der Waals surface area (Å²) in [5.74, 6) is 0.231. The zero-order valence-corrected chi connectivity index (χ0v) is 25.7. The van der Waals surface area contributed by atoms with Crippen molar-refractivity contribution in [2.24, 2.45) is 5.10 Å². The van der Waals surface area contributed by atoms with Crippen molar-refractivity contribution in [2.45, 2.75) is 18.0 Å². The lowest BCUT2D eigenvalue weighted by Gasteiger charge is -2.22. The molecule has 0 bridgehead atoms. The molecule has 0 fully saturated rings. The van der Waals surface area contributed by atoms with Crippen molar-refractivity contribution in [3.63, 3.8) is 0 Å². The third-order valence-corrected chi connectivity index (χ3v) is 8.29. The van der Waals surface area contributed by atoms with E-state index in [4.69, 9.17) is 14.2 Å². The van der Waals surface area contributed by atoms with Gasteiger partial charge in [0.1, 0.15) is 5.75 Å². The van der Waals surface area contributed by atoms with Crippen molar-refractivity contribution in [2.75, 3.05) is 27.4 Å². The minimum absolute atomic E-state index is 0.0413. The van der Waals surface area contributed by atoms with Gasteiger partial charge in [0.25, 0.3) is 11.8 Å². The quantitative estimate of drug-likeness (QED) is 0.151. The van der Waals surface area contributed by atoms with Crippen LogP contribution in [0.2, 0.25) is 0 Å². The maximum absolute atomic E-state index is 13.6. The van der Waals surface area contributed by atoms with Gasteiger partial charge in [0.2, 0.25) is 10.0 Å². The minimum Gasteiger partial charge on any atom is -0.493 e. The Kier molecular flexibility index (Phi) is 11.7. The number of carbonyl (C=O) groups is 2. The van der Waals surface area contributed by atoms with E-state index in [0.717, 1.165) is 9.87 Å². The maximum Gasteiger partial charge on any atom is 0.258 e. The summed E-state index contributed by atoms with van der Waals surface area (Å²) in [6.45, 7) is -0.249. The topological polar surface area (TPSA) is 136 Å². The van der Waals surface area contributed by atoms with Gasteiger partial charge in [-0.2, -0.15) is 9.41 Å². The molecule has 0 aromatic heterocycles. The molecule has 11 nitrogen and oxygen atoms in total. The molecule has 4 rings (SSSR count). The van der Waals surface area contributed by atoms with Crippen LogP contribution < -0.4 is 25.0 Å². The average Bonchev–Trinajstić information content (AvgIpc) is 3.07. The summed E-state index contributed by atoms with van der Waals surface area (Å²) in [5.41, 5.74) is 4.73. The van der Waals surface area contributed by atoms with Crippen LogP contribution in [0.3, 0.4) is 0 Å². The third kappa shape index (κ3) is 9.65. The van der Waals surface area contributed by atoms with Crippen LogP contribution in [0.4, 0.5) is 0 Å². The third-order valence-electron chi connectivity index (χ3n) is 6.50. The van der Waals surface area contributed by atoms with Crippen molar-refractivity contribution < 1.29 is 32.2 Å². The van der Waals surface area contributed by atoms with Crippen LogP contribution in [0.25, 0.3) is 0 Å². The number of amides is 2. The number of benzene rings is 4. The molecule has 0 saturated heterocycles. The van der Waals surface area contributed by atoms with E-state index in [9.17, 15) is 18.0 Å². The zero-order valence-electron chi connectivity index (χ0n) is 24.9. The number of hydrogen-bond acceptors (Lipinski definition) is 8. The number of ether oxygens (including phenoxy) is 3. The Bertz CT molecular complexity index is 1700. The Hall–Kier alpha value is -5.20. The normalized spacial score (nSPS) is 11.3. The Morgan fingerprint density at radius 2 is 1.44 bits per heavy atom. The van der Waals surface area contributed by atoms with Crippen molar-refractivity contribution in [1.82, 2.24) is 15.0 Å². The number of rotatable bonds is 15. The molecule has 0 saturated carbocycles. The molecule has 0 atom stereocenters. The molecule has 45 heavy (non-hydrogen) atoms. The first kappa shape index (κ1) is 32.7. The number of hydrogen-bond donors (Lipinski definition) is 2. The maximum atomic E-state index is 13.6. The van der Waals surface area contributed by atoms with Gasteiger partial charge in [0, 0.05) is 19.2 Å². The standard InChI is InChI=1S/C33H34N4O7S/c1-42-30-18-17-29(19-31(30)43-2)45(40,41)37(22-27-11-7-4-8-12-27)23-32(38)36-35-21-26-13-15-28(16-14-26)44-24-33(39)34-20-25-9-5-3-6-10-25/h3-19,21H,20,22-24H2,1-2H3,(H,34,39)(H,36,38)/b35-21+. The first-order valence-electron chi connectivity index (χ1n) is 13.9. The molecule has 0 radical (unpaired) electrons. The summed E-state index contributed by atoms with van der Waals surface area (Å²) in [6.07, 6.45) is 1.42. The molecule has 4 aromatic rings. The zero-order chi connectivity index (χ0) is 32.1. The fourth-order valence-electron chi connectivity index (χ4n) is 4.16. The highest BCUT2D eigenvalue weighted by Gasteiger charge is 2.28. The smallest absolute Gasteiger partial charge is 0.258 e. The molecule has 0 heterocycles. The fourth-order valence-corrected chi connectivity index (χ4v) is 5.56. The van der Waals surface area contributed by atoms with Crippen LogP contribution in [0.15, 0.2) is 113 Å². The van der Waals surface area contributed by atoms with E-state index in [1.165, 1.54) is 38.6 Å². The van der Waals surface area contributed by atoms with Gasteiger partial charge in [0.15, 0.2) is 18.1 Å². The average molecular weight is 631 g/mol. The summed E-state index contributed by atoms with van der Waals surface area (Å²) >= 11 is 0. The first-order valence-corrected chi connectivity index (χ1v) is 15.3. The van der Waals surface area contributed by atoms with E-state index in [-0.39, 0.29) is 29.7 Å². The van der Waals surface area contributed by atoms with Gasteiger partial charge in [0.05, 0.1) is 31.9 Å². The summed E-state index contributed by atoms with van der Waals surface area (Å²) in [7, 11) is -1.26. The van der Waals surface area contributed by atoms with Crippen LogP contribution in [-0.2, 0) is 32.7 Å². The van der Waals surface area contributed by atoms with E-state index in [2.05, 4.69) is 15.8 Å². The monoisotopic (exact) mass is 630 g/mol. The Labute approximate surface area is 262 Å². The molecular weight excluding hydrogens is 596 g/mol. The lowest BCUT2D eigenvalue weighted by molar-refractivity contribution is -0.123. The number of hydrazone groups is 1. The molecule has 4 aromatic carbocycles. The lowest BCUT2D eigenvalue weighted by atomic mass is 10.2. The molecule has 0 spiro atoms. The molecule has 0 aliphatic rings. The van der Waals surface area contributed by atoms with E-state index in [1.807, 2.05) is 36.4 Å². The van der Waals surface area contributed by atoms with Gasteiger partial charge in [-0.15, -0.1) is 0 Å². The van der Waals surface area contributed by atoms with Crippen LogP contribution in [0.1, 0.15) is 16.7 Å². The molecule has 2 N–H and O–H groups in total. The van der Waals surface area contributed by atoms with Crippen molar-refractivity contribution in [3.8, 4) is 17.2 Å². The Morgan fingerprint density at radius 1 is 0.800 bits per heavy atom. The second-order valence-electron chi connectivity index (χ2n) is 9.69. The summed E-state index contributed by atoms with van der Waals surface area (Å²) in [6, 6.07) is 29.5. The summed E-state index contributed by atoms with van der Waals surface area (Å²) in [4.78, 5) is 24.9. The van der Waals surface area contributed by atoms with E-state index < -0.39 is 22.5 Å². The van der Waals surface area contributed by atoms with E-state index in [1.54, 1.807) is 48.5 Å². The highest BCUT2D eigenvalue weighted by atomic mass is 32.2. The minimum atomic E-state index is -4.12. The predicted octanol–water partition coefficient (Wildman–Crippen LogP) is 3.74. The molecule has 0 aliphatic carbocycles. The van der Waals surface area contributed by atoms with Crippen LogP contribution in [0, 0.1) is 0 Å². The van der Waals surface area contributed by atoms with Gasteiger partial charge < -0.3 is 19.5 Å². The van der Waals surface area contributed by atoms with Crippen molar-refractivity contribution in [3.05, 3.63) is 120 Å². The van der Waals surface area contributed by atoms with E-state index in [0.29, 0.717) is 29.2 Å². The highest BCUT2D eigenvalue weighted by molar-refractivity contribution is 7.89. The second-order valence-corrected chi connectivity index (χ2v) is 11.6. The molecule has 0 unspecified atom stereocenters. The SMILES string of the molecule is COc1ccc(S(=O)(=O)N(CC(=O)N/N=C/c2ccc(OCC(=O)NCc3ccccc3)cc2)Cc2ccccc2)cc1OC. The summed E-state index contributed by atoms with van der Waals surface area (Å²) < 4.78 is 44.4. The lowest BCUT2D eigenvalue weighted by Crippen LogP contribution is -2.39. The molecule has 12 heteroatoms. The van der Waals surface area contributed by atoms with Gasteiger partial charge in [-0.25, -0.2) is 13.8 Å². The van der Waals surface area contributed by atoms with Gasteiger partial charge in [-0.3, -0.25) is 9.59 Å². The van der Waals surface area contributed by atoms with E-state index >= 15 is 0 Å². The predicted molar refractivity (Wildman–Crippen MR) is 170 cm³/mol. The van der Waals surface area contributed by atoms with Crippen molar-refractivity contribution >= 4 is 28.1 Å². The summed E-state index contributed by atoms with van der Waals surface area (Å²) in [5, 5.41) is 6.77. The Balaban J connectivity index is 1.34. The number of carbonyl (C=O) groups excluding carboxylic acids is 2. The van der Waals surface area contributed by atoms with Crippen molar-refractivity contribution in [1.29, 1.82) is 0 Å². The fraction of sp³-hybridized carbons (Fsp3) is 0.182. The Morgan fingerprint density at radius 3 is 2.09 bits per heavy atom. The second kappa shape index (κ2) is 16.0. The van der Waals surface area contributed by atoms with Crippen LogP contribution in [-0.4, -0.2) is 58.1 Å². The number of nitrogens with one attached hydrogen (secondary N) is 2. The molecule has 2 amide bonds. The molecule has 234 valence electrons. The molecule has 0 aliphatic heterocycles. The van der Waals surface area contributed by atoms with Gasteiger partial charge in [-0.05, 0) is 53.1 Å². The largest absolute Gasteiger partial charge is 0.493 e. The number of methoxy groups -OCH3 is 2. The number of nitrogens with zero attached hydrogens (tertiary/aromatic N) is 2. The first-order chi connectivity index (χ1) is 21.8. The van der Waals surface area contributed by atoms with Crippen LogP contribution >= 0.6 is 0 Å². The van der Waals surface area contributed by atoms with Gasteiger partial charge in [-0.1, -0.05) is 60.7 Å². The number of sulfonamides is 1. The van der Waals surface area contributed by atoms with Gasteiger partial charge >= 0.3 is 0 Å².